The summed E-state index contributed by atoms with van der Waals surface area (Å²) in [6, 6.07) is 3.05. The highest BCUT2D eigenvalue weighted by Gasteiger charge is 2.32. The Morgan fingerprint density at radius 1 is 1.50 bits per heavy atom. The number of rotatable bonds is 5. The molecule has 1 aliphatic heterocycles. The Labute approximate surface area is 121 Å². The van der Waals surface area contributed by atoms with Crippen molar-refractivity contribution in [3.05, 3.63) is 22.2 Å². The van der Waals surface area contributed by atoms with E-state index in [4.69, 9.17) is 4.74 Å². The molecule has 0 saturated heterocycles. The second-order valence-electron chi connectivity index (χ2n) is 4.51. The summed E-state index contributed by atoms with van der Waals surface area (Å²) >= 11 is 1.37. The number of carbonyl (C=O) groups excluding carboxylic acids is 1. The highest BCUT2D eigenvalue weighted by Crippen LogP contribution is 2.44. The van der Waals surface area contributed by atoms with Crippen LogP contribution in [-0.2, 0) is 4.79 Å². The van der Waals surface area contributed by atoms with Gasteiger partial charge in [0.1, 0.15) is 11.4 Å². The number of methoxy groups -OCH3 is 1. The molecule has 0 bridgehead atoms. The summed E-state index contributed by atoms with van der Waals surface area (Å²) in [5.74, 6) is 0.262. The average Bonchev–Trinajstić information content (AvgIpc) is 2.43. The fourth-order valence-corrected chi connectivity index (χ4v) is 3.26. The fraction of sp³-hybridized carbons (Fsp3) is 0.462. The van der Waals surface area contributed by atoms with E-state index < -0.39 is 4.92 Å². The van der Waals surface area contributed by atoms with Gasteiger partial charge in [0.2, 0.25) is 5.91 Å². The third-order valence-corrected chi connectivity index (χ3v) is 4.43. The highest BCUT2D eigenvalue weighted by molar-refractivity contribution is 8.01. The summed E-state index contributed by atoms with van der Waals surface area (Å²) < 4.78 is 5.08. The minimum atomic E-state index is -0.505. The van der Waals surface area contributed by atoms with Crippen LogP contribution in [0.15, 0.2) is 17.0 Å². The van der Waals surface area contributed by atoms with Gasteiger partial charge >= 0.3 is 0 Å². The van der Waals surface area contributed by atoms with Crippen molar-refractivity contribution in [3.63, 3.8) is 0 Å². The molecule has 1 heterocycles. The van der Waals surface area contributed by atoms with Crippen molar-refractivity contribution in [1.29, 1.82) is 0 Å². The van der Waals surface area contributed by atoms with Crippen LogP contribution in [0.1, 0.15) is 26.2 Å². The second-order valence-corrected chi connectivity index (χ2v) is 5.76. The first-order valence-electron chi connectivity index (χ1n) is 6.40. The standard InChI is InChI=1S/C13H16N2O4S/c1-3-4-5-10-13(16)14-12-9(15(17)18)6-8(19-2)7-11(12)20-10/h6-7,10H,3-5H2,1-2H3,(H,14,16). The van der Waals surface area contributed by atoms with Gasteiger partial charge in [-0.25, -0.2) is 0 Å². The van der Waals surface area contributed by atoms with Crippen molar-refractivity contribution >= 4 is 29.0 Å². The van der Waals surface area contributed by atoms with Crippen molar-refractivity contribution in [1.82, 2.24) is 0 Å². The number of ether oxygens (including phenoxy) is 1. The van der Waals surface area contributed by atoms with Crippen LogP contribution in [0, 0.1) is 10.1 Å². The first-order valence-corrected chi connectivity index (χ1v) is 7.28. The molecule has 1 aliphatic rings. The lowest BCUT2D eigenvalue weighted by atomic mass is 10.1. The maximum atomic E-state index is 12.0. The molecular formula is C13H16N2O4S. The summed E-state index contributed by atoms with van der Waals surface area (Å²) in [6.45, 7) is 2.06. The number of carbonyl (C=O) groups is 1. The van der Waals surface area contributed by atoms with E-state index in [1.54, 1.807) is 6.07 Å². The van der Waals surface area contributed by atoms with Crippen molar-refractivity contribution in [2.75, 3.05) is 12.4 Å². The zero-order chi connectivity index (χ0) is 14.7. The smallest absolute Gasteiger partial charge is 0.297 e. The van der Waals surface area contributed by atoms with E-state index in [0.717, 1.165) is 19.3 Å². The summed E-state index contributed by atoms with van der Waals surface area (Å²) in [7, 11) is 1.46. The van der Waals surface area contributed by atoms with E-state index in [2.05, 4.69) is 12.2 Å². The quantitative estimate of drug-likeness (QED) is 0.666. The molecular weight excluding hydrogens is 280 g/mol. The highest BCUT2D eigenvalue weighted by atomic mass is 32.2. The number of benzene rings is 1. The maximum absolute atomic E-state index is 12.0. The zero-order valence-corrected chi connectivity index (χ0v) is 12.2. The molecule has 1 N–H and O–H groups in total. The van der Waals surface area contributed by atoms with Gasteiger partial charge in [-0.2, -0.15) is 0 Å². The van der Waals surface area contributed by atoms with E-state index in [0.29, 0.717) is 10.6 Å². The molecule has 0 saturated carbocycles. The molecule has 1 unspecified atom stereocenters. The normalized spacial score (nSPS) is 17.3. The molecule has 1 atom stereocenters. The SMILES string of the molecule is CCCCC1Sc2cc(OC)cc([N+](=O)[O-])c2NC1=O. The molecule has 0 fully saturated rings. The Bertz CT molecular complexity index is 547. The molecule has 0 aliphatic carbocycles. The van der Waals surface area contributed by atoms with Crippen LogP contribution >= 0.6 is 11.8 Å². The Hall–Kier alpha value is -1.76. The van der Waals surface area contributed by atoms with Crippen LogP contribution in [0.25, 0.3) is 0 Å². The third-order valence-electron chi connectivity index (χ3n) is 3.12. The first-order chi connectivity index (χ1) is 9.56. The number of hydrogen-bond acceptors (Lipinski definition) is 5. The number of thioether (sulfide) groups is 1. The molecule has 1 amide bonds. The largest absolute Gasteiger partial charge is 0.496 e. The minimum absolute atomic E-state index is 0.130. The lowest BCUT2D eigenvalue weighted by Gasteiger charge is -2.24. The van der Waals surface area contributed by atoms with Gasteiger partial charge in [-0.1, -0.05) is 19.8 Å². The molecule has 6 nitrogen and oxygen atoms in total. The Morgan fingerprint density at radius 2 is 2.25 bits per heavy atom. The Morgan fingerprint density at radius 3 is 2.85 bits per heavy atom. The van der Waals surface area contributed by atoms with Gasteiger partial charge in [-0.15, -0.1) is 11.8 Å². The molecule has 20 heavy (non-hydrogen) atoms. The Kier molecular flexibility index (Phi) is 4.49. The topological polar surface area (TPSA) is 81.5 Å². The fourth-order valence-electron chi connectivity index (χ4n) is 2.05. The summed E-state index contributed by atoms with van der Waals surface area (Å²) in [5.41, 5.74) is 0.146. The number of unbranched alkanes of at least 4 members (excludes halogenated alkanes) is 1. The Balaban J connectivity index is 2.37. The van der Waals surface area contributed by atoms with Crippen LogP contribution in [0.5, 0.6) is 5.75 Å². The first kappa shape index (κ1) is 14.6. The van der Waals surface area contributed by atoms with E-state index >= 15 is 0 Å². The van der Waals surface area contributed by atoms with Crippen LogP contribution in [0.2, 0.25) is 0 Å². The minimum Gasteiger partial charge on any atom is -0.496 e. The number of hydrogen-bond donors (Lipinski definition) is 1. The van der Waals surface area contributed by atoms with Crippen LogP contribution in [0.3, 0.4) is 0 Å². The van der Waals surface area contributed by atoms with Gasteiger partial charge in [-0.05, 0) is 12.5 Å². The molecule has 2 rings (SSSR count). The van der Waals surface area contributed by atoms with Crippen molar-refractivity contribution in [2.45, 2.75) is 36.3 Å². The molecule has 0 spiro atoms. The number of anilines is 1. The van der Waals surface area contributed by atoms with E-state index in [1.807, 2.05) is 0 Å². The van der Waals surface area contributed by atoms with Gasteiger partial charge in [0.05, 0.1) is 23.3 Å². The average molecular weight is 296 g/mol. The number of nitro groups is 1. The number of nitro benzene ring substituents is 1. The second kappa shape index (κ2) is 6.13. The molecule has 1 aromatic carbocycles. The molecule has 7 heteroatoms. The maximum Gasteiger partial charge on any atom is 0.297 e. The number of nitrogens with one attached hydrogen (secondary N) is 1. The predicted molar refractivity (Wildman–Crippen MR) is 77.4 cm³/mol. The summed E-state index contributed by atoms with van der Waals surface area (Å²) in [6.07, 6.45) is 2.72. The van der Waals surface area contributed by atoms with Crippen molar-refractivity contribution < 1.29 is 14.5 Å². The van der Waals surface area contributed by atoms with E-state index in [9.17, 15) is 14.9 Å². The van der Waals surface area contributed by atoms with Gasteiger partial charge < -0.3 is 10.1 Å². The van der Waals surface area contributed by atoms with Crippen molar-refractivity contribution in [3.8, 4) is 5.75 Å². The van der Waals surface area contributed by atoms with Crippen LogP contribution in [0.4, 0.5) is 11.4 Å². The lowest BCUT2D eigenvalue weighted by molar-refractivity contribution is -0.384. The number of fused-ring (bicyclic) bond motifs is 1. The van der Waals surface area contributed by atoms with Gasteiger partial charge in [-0.3, -0.25) is 14.9 Å². The lowest BCUT2D eigenvalue weighted by Crippen LogP contribution is -2.29. The van der Waals surface area contributed by atoms with Gasteiger partial charge in [0.25, 0.3) is 5.69 Å². The third kappa shape index (κ3) is 2.87. The number of nitrogens with zero attached hydrogens (tertiary/aromatic N) is 1. The van der Waals surface area contributed by atoms with Gasteiger partial charge in [0.15, 0.2) is 0 Å². The predicted octanol–water partition coefficient (Wildman–Crippen LogP) is 3.21. The molecule has 0 aromatic heterocycles. The van der Waals surface area contributed by atoms with Crippen LogP contribution in [-0.4, -0.2) is 23.2 Å². The van der Waals surface area contributed by atoms with E-state index in [-0.39, 0.29) is 22.5 Å². The molecule has 0 radical (unpaired) electrons. The number of amides is 1. The monoisotopic (exact) mass is 296 g/mol. The zero-order valence-electron chi connectivity index (χ0n) is 11.3. The molecule has 1 aromatic rings. The summed E-state index contributed by atoms with van der Waals surface area (Å²) in [4.78, 5) is 23.3. The summed E-state index contributed by atoms with van der Waals surface area (Å²) in [5, 5.41) is 13.6. The van der Waals surface area contributed by atoms with Gasteiger partial charge in [0, 0.05) is 4.90 Å². The molecule has 108 valence electrons. The van der Waals surface area contributed by atoms with Crippen molar-refractivity contribution in [2.24, 2.45) is 0 Å². The van der Waals surface area contributed by atoms with E-state index in [1.165, 1.54) is 24.9 Å². The van der Waals surface area contributed by atoms with Crippen LogP contribution < -0.4 is 10.1 Å².